The Kier molecular flexibility index (Phi) is 2.97. The monoisotopic (exact) mass is 234 g/mol. The van der Waals surface area contributed by atoms with Gasteiger partial charge in [0.05, 0.1) is 18.4 Å². The molecule has 0 bridgehead atoms. The van der Waals surface area contributed by atoms with Gasteiger partial charge in [0.25, 0.3) is 0 Å². The van der Waals surface area contributed by atoms with Gasteiger partial charge in [0.1, 0.15) is 5.82 Å². The predicted molar refractivity (Wildman–Crippen MR) is 58.7 cm³/mol. The highest BCUT2D eigenvalue weighted by Gasteiger charge is 2.19. The van der Waals surface area contributed by atoms with Crippen molar-refractivity contribution in [3.05, 3.63) is 47.8 Å². The second-order valence-electron chi connectivity index (χ2n) is 3.68. The molecule has 0 fully saturated rings. The van der Waals surface area contributed by atoms with Crippen molar-refractivity contribution < 1.29 is 9.18 Å². The van der Waals surface area contributed by atoms with Crippen molar-refractivity contribution in [2.75, 3.05) is 0 Å². The molecule has 0 radical (unpaired) electrons. The average molecular weight is 234 g/mol. The first kappa shape index (κ1) is 11.4. The number of hydrogen-bond donors (Lipinski definition) is 1. The lowest BCUT2D eigenvalue weighted by atomic mass is 10.0. The largest absolute Gasteiger partial charge is 0.317 e. The topological polar surface area (TPSA) is 73.8 Å². The van der Waals surface area contributed by atoms with Gasteiger partial charge >= 0.3 is 0 Å². The summed E-state index contributed by atoms with van der Waals surface area (Å²) in [5, 5.41) is 3.93. The van der Waals surface area contributed by atoms with E-state index in [2.05, 4.69) is 10.1 Å². The van der Waals surface area contributed by atoms with E-state index in [9.17, 15) is 9.18 Å². The van der Waals surface area contributed by atoms with E-state index in [0.717, 1.165) is 12.3 Å². The number of carbonyl (C=O) groups is 1. The Morgan fingerprint density at radius 1 is 1.47 bits per heavy atom. The highest BCUT2D eigenvalue weighted by atomic mass is 19.1. The van der Waals surface area contributed by atoms with Gasteiger partial charge in [0, 0.05) is 30.6 Å². The van der Waals surface area contributed by atoms with Crippen molar-refractivity contribution in [2.45, 2.75) is 6.04 Å². The second-order valence-corrected chi connectivity index (χ2v) is 3.68. The third kappa shape index (κ3) is 2.36. The smallest absolute Gasteiger partial charge is 0.185 e. The minimum Gasteiger partial charge on any atom is -0.317 e. The van der Waals surface area contributed by atoms with Crippen LogP contribution in [0.1, 0.15) is 22.0 Å². The Labute approximate surface area is 97.1 Å². The van der Waals surface area contributed by atoms with Gasteiger partial charge in [-0.3, -0.25) is 14.5 Å². The standard InChI is InChI=1S/C11H11FN4O/c1-16-6-8(4-15-16)10(13)11(17)7-2-9(12)5-14-3-7/h2-6,10H,13H2,1H3. The molecule has 5 nitrogen and oxygen atoms in total. The number of aryl methyl sites for hydroxylation is 1. The Hall–Kier alpha value is -2.08. The van der Waals surface area contributed by atoms with Gasteiger partial charge in [-0.2, -0.15) is 5.10 Å². The molecule has 0 saturated carbocycles. The van der Waals surface area contributed by atoms with E-state index in [0.29, 0.717) is 5.56 Å². The van der Waals surface area contributed by atoms with Gasteiger partial charge < -0.3 is 5.73 Å². The van der Waals surface area contributed by atoms with Crippen molar-refractivity contribution in [3.8, 4) is 0 Å². The van der Waals surface area contributed by atoms with Crippen LogP contribution < -0.4 is 5.73 Å². The zero-order valence-electron chi connectivity index (χ0n) is 9.17. The Bertz CT molecular complexity index is 552. The number of rotatable bonds is 3. The predicted octanol–water partition coefficient (Wildman–Crippen LogP) is 0.837. The lowest BCUT2D eigenvalue weighted by molar-refractivity contribution is 0.0960. The SMILES string of the molecule is Cn1cc(C(N)C(=O)c2cncc(F)c2)cn1. The molecule has 0 aromatic carbocycles. The summed E-state index contributed by atoms with van der Waals surface area (Å²) in [6, 6.07) is 0.262. The van der Waals surface area contributed by atoms with Gasteiger partial charge in [-0.05, 0) is 6.07 Å². The second kappa shape index (κ2) is 4.42. The number of pyridine rings is 1. The fourth-order valence-corrected chi connectivity index (χ4v) is 1.48. The summed E-state index contributed by atoms with van der Waals surface area (Å²) >= 11 is 0. The maximum absolute atomic E-state index is 12.9. The number of nitrogens with two attached hydrogens (primary N) is 1. The van der Waals surface area contributed by atoms with Crippen LogP contribution in [0.3, 0.4) is 0 Å². The van der Waals surface area contributed by atoms with Crippen LogP contribution in [0, 0.1) is 5.82 Å². The molecule has 1 unspecified atom stereocenters. The van der Waals surface area contributed by atoms with Gasteiger partial charge in [-0.1, -0.05) is 0 Å². The molecule has 2 aromatic heterocycles. The van der Waals surface area contributed by atoms with Crippen LogP contribution in [0.5, 0.6) is 0 Å². The molecule has 2 heterocycles. The first-order valence-corrected chi connectivity index (χ1v) is 4.97. The van der Waals surface area contributed by atoms with E-state index in [1.165, 1.54) is 12.4 Å². The minimum absolute atomic E-state index is 0.154. The Morgan fingerprint density at radius 2 is 2.24 bits per heavy atom. The lowest BCUT2D eigenvalue weighted by Gasteiger charge is -2.07. The number of hydrogen-bond acceptors (Lipinski definition) is 4. The molecule has 17 heavy (non-hydrogen) atoms. The molecule has 0 aliphatic rings. The average Bonchev–Trinajstić information content (AvgIpc) is 2.74. The van der Waals surface area contributed by atoms with E-state index in [1.54, 1.807) is 17.9 Å². The summed E-state index contributed by atoms with van der Waals surface area (Å²) in [7, 11) is 1.73. The summed E-state index contributed by atoms with van der Waals surface area (Å²) in [6.07, 6.45) is 5.48. The van der Waals surface area contributed by atoms with Crippen molar-refractivity contribution in [2.24, 2.45) is 12.8 Å². The normalized spacial score (nSPS) is 12.4. The summed E-state index contributed by atoms with van der Waals surface area (Å²) in [5.74, 6) is -0.945. The summed E-state index contributed by atoms with van der Waals surface area (Å²) < 4.78 is 14.5. The van der Waals surface area contributed by atoms with E-state index in [-0.39, 0.29) is 11.3 Å². The molecule has 0 spiro atoms. The third-order valence-electron chi connectivity index (χ3n) is 2.36. The number of nitrogens with zero attached hydrogens (tertiary/aromatic N) is 3. The molecule has 2 aromatic rings. The number of ketones is 1. The maximum Gasteiger partial charge on any atom is 0.185 e. The van der Waals surface area contributed by atoms with Crippen molar-refractivity contribution in [1.82, 2.24) is 14.8 Å². The van der Waals surface area contributed by atoms with Gasteiger partial charge in [0.2, 0.25) is 0 Å². The minimum atomic E-state index is -0.854. The van der Waals surface area contributed by atoms with Crippen LogP contribution in [0.15, 0.2) is 30.9 Å². The highest BCUT2D eigenvalue weighted by molar-refractivity contribution is 6.00. The first-order chi connectivity index (χ1) is 8.08. The fraction of sp³-hybridized carbons (Fsp3) is 0.182. The van der Waals surface area contributed by atoms with E-state index in [1.807, 2.05) is 0 Å². The van der Waals surface area contributed by atoms with E-state index < -0.39 is 11.9 Å². The molecule has 0 saturated heterocycles. The van der Waals surface area contributed by atoms with Gasteiger partial charge in [0.15, 0.2) is 5.78 Å². The summed E-state index contributed by atoms with van der Waals surface area (Å²) in [4.78, 5) is 15.6. The Balaban J connectivity index is 2.26. The van der Waals surface area contributed by atoms with Crippen molar-refractivity contribution in [1.29, 1.82) is 0 Å². The van der Waals surface area contributed by atoms with E-state index >= 15 is 0 Å². The first-order valence-electron chi connectivity index (χ1n) is 4.97. The molecular weight excluding hydrogens is 223 g/mol. The number of carbonyl (C=O) groups excluding carboxylic acids is 1. The van der Waals surface area contributed by atoms with Crippen molar-refractivity contribution >= 4 is 5.78 Å². The molecular formula is C11H11FN4O. The molecule has 0 aliphatic heterocycles. The number of halogens is 1. The third-order valence-corrected chi connectivity index (χ3v) is 2.36. The fourth-order valence-electron chi connectivity index (χ4n) is 1.48. The summed E-state index contributed by atoms with van der Waals surface area (Å²) in [5.41, 5.74) is 6.52. The molecule has 2 rings (SSSR count). The number of Topliss-reactive ketones (excluding diaryl/α,β-unsaturated/α-hetero) is 1. The molecule has 88 valence electrons. The zero-order chi connectivity index (χ0) is 12.4. The van der Waals surface area contributed by atoms with Gasteiger partial charge in [-0.25, -0.2) is 4.39 Å². The molecule has 6 heteroatoms. The molecule has 1 atom stereocenters. The van der Waals surface area contributed by atoms with Crippen LogP contribution >= 0.6 is 0 Å². The molecule has 0 amide bonds. The maximum atomic E-state index is 12.9. The van der Waals surface area contributed by atoms with Crippen molar-refractivity contribution in [3.63, 3.8) is 0 Å². The highest BCUT2D eigenvalue weighted by Crippen LogP contribution is 2.15. The van der Waals surface area contributed by atoms with Crippen LogP contribution in [0.4, 0.5) is 4.39 Å². The molecule has 2 N–H and O–H groups in total. The zero-order valence-corrected chi connectivity index (χ0v) is 9.17. The van der Waals surface area contributed by atoms with Crippen LogP contribution in [-0.2, 0) is 7.05 Å². The quantitative estimate of drug-likeness (QED) is 0.798. The number of aromatic nitrogens is 3. The summed E-state index contributed by atoms with van der Waals surface area (Å²) in [6.45, 7) is 0. The molecule has 0 aliphatic carbocycles. The van der Waals surface area contributed by atoms with E-state index in [4.69, 9.17) is 5.73 Å². The van der Waals surface area contributed by atoms with Crippen LogP contribution in [0.25, 0.3) is 0 Å². The van der Waals surface area contributed by atoms with Gasteiger partial charge in [-0.15, -0.1) is 0 Å². The van der Waals surface area contributed by atoms with Crippen LogP contribution in [-0.4, -0.2) is 20.5 Å². The van der Waals surface area contributed by atoms with Crippen LogP contribution in [0.2, 0.25) is 0 Å². The lowest BCUT2D eigenvalue weighted by Crippen LogP contribution is -2.21. The Morgan fingerprint density at radius 3 is 2.82 bits per heavy atom.